The molecule has 29 heavy (non-hydrogen) atoms. The molecule has 2 aromatic heterocycles. The van der Waals surface area contributed by atoms with Crippen molar-refractivity contribution in [2.45, 2.75) is 45.1 Å². The smallest absolute Gasteiger partial charge is 0.357 e. The van der Waals surface area contributed by atoms with E-state index < -0.39 is 10.3 Å². The number of nitrogens with zero attached hydrogens (tertiary/aromatic N) is 4. The van der Waals surface area contributed by atoms with Gasteiger partial charge in [0.05, 0.1) is 16.8 Å². The van der Waals surface area contributed by atoms with Crippen molar-refractivity contribution in [1.82, 2.24) is 19.7 Å². The lowest BCUT2D eigenvalue weighted by molar-refractivity contribution is 0.489. The van der Waals surface area contributed by atoms with Crippen LogP contribution >= 0.6 is 0 Å². The standard InChI is InChI=1S/C19H24N6O3S/c1-12-21-18(20-11-13-7-9-15(10-8-13)24-29(26,27)28)16-17(14-5-3-4-6-14)23-25(2)19(16)22-12/h7-10,14,24H,3-6,11H2,1-2H3,(H,20,21,22)(H,26,27,28). The Morgan fingerprint density at radius 1 is 1.17 bits per heavy atom. The maximum absolute atomic E-state index is 10.9. The maximum atomic E-state index is 10.9. The summed E-state index contributed by atoms with van der Waals surface area (Å²) in [6, 6.07) is 6.76. The average Bonchev–Trinajstić information content (AvgIpc) is 3.28. The summed E-state index contributed by atoms with van der Waals surface area (Å²) in [6.45, 7) is 2.37. The number of rotatable bonds is 6. The molecule has 4 rings (SSSR count). The van der Waals surface area contributed by atoms with Gasteiger partial charge < -0.3 is 5.32 Å². The molecule has 10 heteroatoms. The van der Waals surface area contributed by atoms with Crippen molar-refractivity contribution in [3.63, 3.8) is 0 Å². The third-order valence-corrected chi connectivity index (χ3v) is 5.72. The van der Waals surface area contributed by atoms with Gasteiger partial charge in [0.2, 0.25) is 0 Å². The molecule has 1 aliphatic carbocycles. The molecule has 0 unspecified atom stereocenters. The molecule has 154 valence electrons. The molecule has 3 N–H and O–H groups in total. The summed E-state index contributed by atoms with van der Waals surface area (Å²) in [7, 11) is -2.36. The first-order valence-electron chi connectivity index (χ1n) is 9.59. The topological polar surface area (TPSA) is 122 Å². The van der Waals surface area contributed by atoms with Crippen molar-refractivity contribution in [1.29, 1.82) is 0 Å². The molecule has 0 radical (unpaired) electrons. The van der Waals surface area contributed by atoms with Crippen LogP contribution in [0.4, 0.5) is 11.5 Å². The average molecular weight is 417 g/mol. The molecule has 0 amide bonds. The summed E-state index contributed by atoms with van der Waals surface area (Å²) in [4.78, 5) is 9.22. The third-order valence-electron chi connectivity index (χ3n) is 5.22. The molecule has 1 aromatic carbocycles. The first kappa shape index (κ1) is 19.6. The minimum absolute atomic E-state index is 0.298. The van der Waals surface area contributed by atoms with Gasteiger partial charge in [0, 0.05) is 19.5 Å². The molecule has 1 aliphatic rings. The molecule has 0 bridgehead atoms. The van der Waals surface area contributed by atoms with Gasteiger partial charge in [-0.3, -0.25) is 9.27 Å². The van der Waals surface area contributed by atoms with Gasteiger partial charge >= 0.3 is 10.3 Å². The van der Waals surface area contributed by atoms with Crippen LogP contribution in [0.1, 0.15) is 48.7 Å². The van der Waals surface area contributed by atoms with E-state index in [1.165, 1.54) is 12.8 Å². The van der Waals surface area contributed by atoms with Crippen molar-refractivity contribution < 1.29 is 13.0 Å². The normalized spacial score (nSPS) is 15.1. The summed E-state index contributed by atoms with van der Waals surface area (Å²) in [6.07, 6.45) is 4.73. The molecule has 3 aromatic rings. The van der Waals surface area contributed by atoms with E-state index in [2.05, 4.69) is 15.3 Å². The van der Waals surface area contributed by atoms with Crippen molar-refractivity contribution in [3.8, 4) is 0 Å². The predicted octanol–water partition coefficient (Wildman–Crippen LogP) is 3.16. The number of aromatic nitrogens is 4. The van der Waals surface area contributed by atoms with Crippen LogP contribution in [0.2, 0.25) is 0 Å². The molecule has 0 saturated heterocycles. The zero-order valence-corrected chi connectivity index (χ0v) is 17.2. The molecule has 0 spiro atoms. The Kier molecular flexibility index (Phi) is 5.13. The Hall–Kier alpha value is -2.72. The van der Waals surface area contributed by atoms with Gasteiger partial charge in [-0.2, -0.15) is 13.5 Å². The minimum atomic E-state index is -4.28. The van der Waals surface area contributed by atoms with E-state index >= 15 is 0 Å². The number of hydrogen-bond acceptors (Lipinski definition) is 6. The van der Waals surface area contributed by atoms with E-state index in [9.17, 15) is 8.42 Å². The van der Waals surface area contributed by atoms with Gasteiger partial charge in [-0.1, -0.05) is 25.0 Å². The summed E-state index contributed by atoms with van der Waals surface area (Å²) < 4.78 is 34.5. The number of fused-ring (bicyclic) bond motifs is 1. The van der Waals surface area contributed by atoms with Crippen LogP contribution in [0.25, 0.3) is 11.0 Å². The minimum Gasteiger partial charge on any atom is -0.365 e. The molecular weight excluding hydrogens is 392 g/mol. The second kappa shape index (κ2) is 7.60. The highest BCUT2D eigenvalue weighted by Crippen LogP contribution is 2.38. The van der Waals surface area contributed by atoms with E-state index in [1.54, 1.807) is 24.3 Å². The van der Waals surface area contributed by atoms with E-state index in [1.807, 2.05) is 23.4 Å². The van der Waals surface area contributed by atoms with Crippen LogP contribution in [-0.2, 0) is 23.9 Å². The molecular formula is C19H24N6O3S. The molecule has 0 atom stereocenters. The predicted molar refractivity (Wildman–Crippen MR) is 111 cm³/mol. The number of aryl methyl sites for hydroxylation is 2. The number of nitrogens with one attached hydrogen (secondary N) is 2. The zero-order valence-electron chi connectivity index (χ0n) is 16.4. The number of hydrogen-bond donors (Lipinski definition) is 3. The van der Waals surface area contributed by atoms with Gasteiger partial charge in [-0.15, -0.1) is 0 Å². The Morgan fingerprint density at radius 2 is 1.86 bits per heavy atom. The Bertz CT molecular complexity index is 1130. The lowest BCUT2D eigenvalue weighted by Gasteiger charge is -2.11. The fraction of sp³-hybridized carbons (Fsp3) is 0.421. The summed E-state index contributed by atoms with van der Waals surface area (Å²) in [5, 5.41) is 9.14. The van der Waals surface area contributed by atoms with Crippen molar-refractivity contribution in [2.75, 3.05) is 10.0 Å². The van der Waals surface area contributed by atoms with Crippen LogP contribution in [-0.4, -0.2) is 32.7 Å². The van der Waals surface area contributed by atoms with E-state index in [0.29, 0.717) is 24.0 Å². The van der Waals surface area contributed by atoms with Crippen LogP contribution in [0.15, 0.2) is 24.3 Å². The van der Waals surface area contributed by atoms with Crippen LogP contribution in [0, 0.1) is 6.92 Å². The highest BCUT2D eigenvalue weighted by Gasteiger charge is 2.25. The fourth-order valence-electron chi connectivity index (χ4n) is 3.93. The van der Waals surface area contributed by atoms with E-state index in [0.717, 1.165) is 41.0 Å². The van der Waals surface area contributed by atoms with Gasteiger partial charge in [-0.25, -0.2) is 14.6 Å². The lowest BCUT2D eigenvalue weighted by atomic mass is 10.0. The van der Waals surface area contributed by atoms with Crippen molar-refractivity contribution >= 4 is 32.8 Å². The quantitative estimate of drug-likeness (QED) is 0.528. The summed E-state index contributed by atoms with van der Waals surface area (Å²) in [5.41, 5.74) is 3.14. The SMILES string of the molecule is Cc1nc(NCc2ccc(NS(=O)(=O)O)cc2)c2c(C3CCCC3)nn(C)c2n1. The zero-order chi connectivity index (χ0) is 20.6. The van der Waals surface area contributed by atoms with E-state index in [-0.39, 0.29) is 0 Å². The second-order valence-electron chi connectivity index (χ2n) is 7.44. The largest absolute Gasteiger partial charge is 0.365 e. The van der Waals surface area contributed by atoms with E-state index in [4.69, 9.17) is 9.65 Å². The maximum Gasteiger partial charge on any atom is 0.357 e. The van der Waals surface area contributed by atoms with Crippen LogP contribution < -0.4 is 10.0 Å². The Morgan fingerprint density at radius 3 is 2.52 bits per heavy atom. The van der Waals surface area contributed by atoms with Crippen LogP contribution in [0.3, 0.4) is 0 Å². The van der Waals surface area contributed by atoms with Gasteiger partial charge in [-0.05, 0) is 37.5 Å². The summed E-state index contributed by atoms with van der Waals surface area (Å²) >= 11 is 0. The Labute approximate surface area is 169 Å². The third kappa shape index (κ3) is 4.33. The van der Waals surface area contributed by atoms with Gasteiger partial charge in [0.15, 0.2) is 5.65 Å². The highest BCUT2D eigenvalue weighted by molar-refractivity contribution is 7.87. The highest BCUT2D eigenvalue weighted by atomic mass is 32.2. The number of benzene rings is 1. The van der Waals surface area contributed by atoms with Crippen LogP contribution in [0.5, 0.6) is 0 Å². The fourth-order valence-corrected chi connectivity index (χ4v) is 4.36. The van der Waals surface area contributed by atoms with Gasteiger partial charge in [0.25, 0.3) is 0 Å². The Balaban J connectivity index is 1.60. The molecule has 2 heterocycles. The molecule has 9 nitrogen and oxygen atoms in total. The van der Waals surface area contributed by atoms with Crippen molar-refractivity contribution in [2.24, 2.45) is 7.05 Å². The monoisotopic (exact) mass is 416 g/mol. The first-order valence-corrected chi connectivity index (χ1v) is 11.0. The lowest BCUT2D eigenvalue weighted by Crippen LogP contribution is -2.10. The van der Waals surface area contributed by atoms with Gasteiger partial charge in [0.1, 0.15) is 11.6 Å². The summed E-state index contributed by atoms with van der Waals surface area (Å²) in [5.74, 6) is 1.88. The first-order chi connectivity index (χ1) is 13.8. The molecule has 1 fully saturated rings. The number of anilines is 2. The van der Waals surface area contributed by atoms with Crippen molar-refractivity contribution in [3.05, 3.63) is 41.3 Å². The molecule has 0 aliphatic heterocycles. The second-order valence-corrected chi connectivity index (χ2v) is 8.59. The molecule has 1 saturated carbocycles.